The Labute approximate surface area is 205 Å². The number of rotatable bonds is 1. The van der Waals surface area contributed by atoms with Crippen LogP contribution in [0.25, 0.3) is 10.9 Å². The van der Waals surface area contributed by atoms with E-state index in [0.29, 0.717) is 24.3 Å². The van der Waals surface area contributed by atoms with E-state index in [1.807, 2.05) is 25.7 Å². The number of nitrogens with zero attached hydrogens (tertiary/aromatic N) is 4. The van der Waals surface area contributed by atoms with Crippen LogP contribution in [0, 0.1) is 11.2 Å². The number of carbonyl (C=O) groups excluding carboxylic acids is 1. The highest BCUT2D eigenvalue weighted by Crippen LogP contribution is 2.43. The van der Waals surface area contributed by atoms with Gasteiger partial charge in [0.15, 0.2) is 5.82 Å². The van der Waals surface area contributed by atoms with Crippen molar-refractivity contribution in [2.75, 3.05) is 31.1 Å². The first-order chi connectivity index (χ1) is 15.0. The number of hydrogen-bond acceptors (Lipinski definition) is 5. The quantitative estimate of drug-likeness (QED) is 0.303. The number of ether oxygens (including phenoxy) is 1. The lowest BCUT2D eigenvalue weighted by Gasteiger charge is -2.47. The van der Waals surface area contributed by atoms with Crippen molar-refractivity contribution < 1.29 is 13.9 Å². The van der Waals surface area contributed by atoms with Gasteiger partial charge in [-0.3, -0.25) is 0 Å². The summed E-state index contributed by atoms with van der Waals surface area (Å²) in [5, 5.41) is 0.826. The molecule has 2 aliphatic rings. The number of amides is 1. The first kappa shape index (κ1) is 23.8. The molecule has 0 N–H and O–H groups in total. The van der Waals surface area contributed by atoms with E-state index in [2.05, 4.69) is 30.8 Å². The summed E-state index contributed by atoms with van der Waals surface area (Å²) < 4.78 is 20.4. The molecule has 0 radical (unpaired) electrons. The van der Waals surface area contributed by atoms with Crippen LogP contribution in [0.5, 0.6) is 0 Å². The minimum atomic E-state index is -0.541. The summed E-state index contributed by atoms with van der Waals surface area (Å²) in [4.78, 5) is 24.8. The SMILES string of the molecule is CC(C)(C)OC(=O)N1CCC2(CC1)CCN(c1nc(Cl)nc3c(F)c(Br)c(Cl)cc13)CC2. The molecule has 0 saturated carbocycles. The molecule has 2 fully saturated rings. The fourth-order valence-electron chi connectivity index (χ4n) is 4.55. The first-order valence-corrected chi connectivity index (χ1v) is 12.3. The molecule has 6 nitrogen and oxygen atoms in total. The standard InChI is InChI=1S/C22H26BrCl2FN4O2/c1-21(2,3)32-20(31)30-10-6-22(7-11-30)4-8-29(9-5-22)18-13-12-14(24)15(23)16(26)17(13)27-19(25)28-18/h12H,4-11H2,1-3H3. The summed E-state index contributed by atoms with van der Waals surface area (Å²) in [5.74, 6) is 0.0652. The molecule has 0 atom stereocenters. The molecule has 10 heteroatoms. The molecule has 4 rings (SSSR count). The van der Waals surface area contributed by atoms with Crippen LogP contribution < -0.4 is 4.90 Å². The van der Waals surface area contributed by atoms with Gasteiger partial charge in [-0.2, -0.15) is 4.98 Å². The minimum Gasteiger partial charge on any atom is -0.444 e. The number of hydrogen-bond donors (Lipinski definition) is 0. The van der Waals surface area contributed by atoms with Crippen molar-refractivity contribution in [2.45, 2.75) is 52.1 Å². The maximum Gasteiger partial charge on any atom is 0.410 e. The average Bonchev–Trinajstić information content (AvgIpc) is 2.72. The third-order valence-corrected chi connectivity index (χ3v) is 7.85. The highest BCUT2D eigenvalue weighted by Gasteiger charge is 2.40. The number of likely N-dealkylation sites (tertiary alicyclic amines) is 1. The van der Waals surface area contributed by atoms with Crippen molar-refractivity contribution in [3.05, 3.63) is 26.7 Å². The van der Waals surface area contributed by atoms with Gasteiger partial charge in [-0.25, -0.2) is 14.2 Å². The smallest absolute Gasteiger partial charge is 0.410 e. The molecule has 2 saturated heterocycles. The van der Waals surface area contributed by atoms with Crippen LogP contribution in [0.3, 0.4) is 0 Å². The van der Waals surface area contributed by atoms with Crippen LogP contribution in [0.15, 0.2) is 10.5 Å². The zero-order valence-electron chi connectivity index (χ0n) is 18.4. The zero-order valence-corrected chi connectivity index (χ0v) is 21.4. The van der Waals surface area contributed by atoms with Crippen molar-refractivity contribution in [1.82, 2.24) is 14.9 Å². The normalized spacial score (nSPS) is 19.0. The Morgan fingerprint density at radius 3 is 2.31 bits per heavy atom. The summed E-state index contributed by atoms with van der Waals surface area (Å²) in [6.45, 7) is 8.58. The van der Waals surface area contributed by atoms with E-state index in [1.165, 1.54) is 0 Å². The summed E-state index contributed by atoms with van der Waals surface area (Å²) in [6.07, 6.45) is 3.57. The van der Waals surface area contributed by atoms with Crippen LogP contribution in [-0.4, -0.2) is 52.7 Å². The summed E-state index contributed by atoms with van der Waals surface area (Å²) in [5.41, 5.74) is -0.146. The number of benzene rings is 1. The van der Waals surface area contributed by atoms with Crippen LogP contribution in [0.1, 0.15) is 46.5 Å². The predicted molar refractivity (Wildman–Crippen MR) is 128 cm³/mol. The van der Waals surface area contributed by atoms with Crippen molar-refractivity contribution in [3.63, 3.8) is 0 Å². The molecular weight excluding hydrogens is 522 g/mol. The Morgan fingerprint density at radius 2 is 1.72 bits per heavy atom. The van der Waals surface area contributed by atoms with Gasteiger partial charge in [0.2, 0.25) is 5.28 Å². The van der Waals surface area contributed by atoms with Gasteiger partial charge in [-0.15, -0.1) is 0 Å². The van der Waals surface area contributed by atoms with Crippen molar-refractivity contribution in [3.8, 4) is 0 Å². The second-order valence-corrected chi connectivity index (χ2v) is 11.2. The van der Waals surface area contributed by atoms with E-state index in [4.69, 9.17) is 27.9 Å². The molecule has 174 valence electrons. The van der Waals surface area contributed by atoms with Gasteiger partial charge < -0.3 is 14.5 Å². The molecule has 2 aromatic rings. The number of fused-ring (bicyclic) bond motifs is 1. The first-order valence-electron chi connectivity index (χ1n) is 10.7. The van der Waals surface area contributed by atoms with E-state index < -0.39 is 11.4 Å². The summed E-state index contributed by atoms with van der Waals surface area (Å²) in [6, 6.07) is 1.68. The Kier molecular flexibility index (Phi) is 6.51. The highest BCUT2D eigenvalue weighted by atomic mass is 79.9. The lowest BCUT2D eigenvalue weighted by Crippen LogP contribution is -2.49. The van der Waals surface area contributed by atoms with Crippen molar-refractivity contribution in [2.24, 2.45) is 5.41 Å². The number of halogens is 4. The van der Waals surface area contributed by atoms with Gasteiger partial charge in [0.05, 0.1) is 9.50 Å². The average molecular weight is 548 g/mol. The molecule has 1 aromatic heterocycles. The van der Waals surface area contributed by atoms with Crippen LogP contribution in [-0.2, 0) is 4.74 Å². The largest absolute Gasteiger partial charge is 0.444 e. The lowest BCUT2D eigenvalue weighted by atomic mass is 9.71. The van der Waals surface area contributed by atoms with Crippen LogP contribution in [0.4, 0.5) is 15.0 Å². The maximum absolute atomic E-state index is 14.7. The molecule has 0 aliphatic carbocycles. The number of aromatic nitrogens is 2. The van der Waals surface area contributed by atoms with E-state index in [9.17, 15) is 9.18 Å². The number of anilines is 1. The van der Waals surface area contributed by atoms with E-state index in [0.717, 1.165) is 38.8 Å². The summed E-state index contributed by atoms with van der Waals surface area (Å²) >= 11 is 15.5. The topological polar surface area (TPSA) is 58.6 Å². The highest BCUT2D eigenvalue weighted by molar-refractivity contribution is 9.10. The molecule has 0 unspecified atom stereocenters. The Morgan fingerprint density at radius 1 is 1.12 bits per heavy atom. The third kappa shape index (κ3) is 4.77. The molecule has 1 spiro atoms. The fourth-order valence-corrected chi connectivity index (χ4v) is 5.21. The fraction of sp³-hybridized carbons (Fsp3) is 0.591. The molecule has 32 heavy (non-hydrogen) atoms. The number of carbonyl (C=O) groups is 1. The van der Waals surface area contributed by atoms with E-state index >= 15 is 0 Å². The Balaban J connectivity index is 1.47. The number of piperidine rings is 2. The molecule has 3 heterocycles. The van der Waals surface area contributed by atoms with Gasteiger partial charge in [-0.1, -0.05) is 11.6 Å². The van der Waals surface area contributed by atoms with Crippen molar-refractivity contribution in [1.29, 1.82) is 0 Å². The van der Waals surface area contributed by atoms with Gasteiger partial charge >= 0.3 is 6.09 Å². The summed E-state index contributed by atoms with van der Waals surface area (Å²) in [7, 11) is 0. The van der Waals surface area contributed by atoms with Gasteiger partial charge in [-0.05, 0) is 85.5 Å². The molecular formula is C22H26BrCl2FN4O2. The molecule has 1 aromatic carbocycles. The second-order valence-electron chi connectivity index (χ2n) is 9.65. The van der Waals surface area contributed by atoms with Crippen LogP contribution >= 0.6 is 39.1 Å². The van der Waals surface area contributed by atoms with E-state index in [1.54, 1.807) is 6.07 Å². The van der Waals surface area contributed by atoms with Gasteiger partial charge in [0.1, 0.15) is 16.9 Å². The Bertz CT molecular complexity index is 1040. The molecule has 1 amide bonds. The zero-order chi connectivity index (χ0) is 23.3. The van der Waals surface area contributed by atoms with E-state index in [-0.39, 0.29) is 31.8 Å². The van der Waals surface area contributed by atoms with Gasteiger partial charge in [0.25, 0.3) is 0 Å². The molecule has 0 bridgehead atoms. The minimum absolute atomic E-state index is 0.00609. The van der Waals surface area contributed by atoms with Crippen LogP contribution in [0.2, 0.25) is 10.3 Å². The van der Waals surface area contributed by atoms with Crippen molar-refractivity contribution >= 4 is 61.9 Å². The monoisotopic (exact) mass is 546 g/mol. The Hall–Kier alpha value is -1.38. The van der Waals surface area contributed by atoms with Gasteiger partial charge in [0, 0.05) is 31.6 Å². The molecule has 2 aliphatic heterocycles. The second kappa shape index (κ2) is 8.76. The third-order valence-electron chi connectivity index (χ3n) is 6.38. The maximum atomic E-state index is 14.7. The predicted octanol–water partition coefficient (Wildman–Crippen LogP) is 6.46. The lowest BCUT2D eigenvalue weighted by molar-refractivity contribution is 0.00665.